The quantitative estimate of drug-likeness (QED) is 0.761. The Balaban J connectivity index is 1.94. The van der Waals surface area contributed by atoms with Crippen LogP contribution >= 0.6 is 0 Å². The van der Waals surface area contributed by atoms with E-state index in [1.54, 1.807) is 6.07 Å². The van der Waals surface area contributed by atoms with Gasteiger partial charge in [0.25, 0.3) is 0 Å². The summed E-state index contributed by atoms with van der Waals surface area (Å²) in [5.41, 5.74) is 5.81. The zero-order chi connectivity index (χ0) is 13.0. The molecule has 18 heavy (non-hydrogen) atoms. The molecule has 1 aromatic rings. The number of hydrogen-bond donors (Lipinski definition) is 3. The maximum atomic E-state index is 11.9. The lowest BCUT2D eigenvalue weighted by atomic mass is 9.80. The molecule has 1 aliphatic carbocycles. The second-order valence-corrected chi connectivity index (χ2v) is 5.02. The molecule has 1 saturated carbocycles. The first kappa shape index (κ1) is 12.8. The molecule has 1 heterocycles. The molecule has 5 heteroatoms. The Hall–Kier alpha value is -1.62. The third kappa shape index (κ3) is 3.20. The maximum Gasteiger partial charge on any atom is 0.227 e. The normalized spacial score (nSPS) is 18.3. The zero-order valence-corrected chi connectivity index (χ0v) is 10.4. The minimum atomic E-state index is -0.396. The maximum absolute atomic E-state index is 11.9. The Morgan fingerprint density at radius 3 is 2.83 bits per heavy atom. The molecule has 0 spiro atoms. The van der Waals surface area contributed by atoms with Gasteiger partial charge in [-0.2, -0.15) is 0 Å². The number of carbonyl (C=O) groups is 1. The van der Waals surface area contributed by atoms with E-state index in [0.29, 0.717) is 0 Å². The van der Waals surface area contributed by atoms with Crippen molar-refractivity contribution in [3.05, 3.63) is 18.3 Å². The van der Waals surface area contributed by atoms with Gasteiger partial charge in [0.1, 0.15) is 0 Å². The van der Waals surface area contributed by atoms with Crippen molar-refractivity contribution in [2.24, 2.45) is 5.73 Å². The molecule has 98 valence electrons. The van der Waals surface area contributed by atoms with E-state index < -0.39 is 5.54 Å². The first-order chi connectivity index (χ1) is 8.59. The van der Waals surface area contributed by atoms with E-state index in [-0.39, 0.29) is 23.9 Å². The number of rotatable bonds is 3. The number of anilines is 1. The van der Waals surface area contributed by atoms with Gasteiger partial charge >= 0.3 is 0 Å². The lowest BCUT2D eigenvalue weighted by molar-refractivity contribution is -0.117. The average Bonchev–Trinajstić information content (AvgIpc) is 2.32. The molecule has 0 bridgehead atoms. The van der Waals surface area contributed by atoms with E-state index in [9.17, 15) is 9.90 Å². The smallest absolute Gasteiger partial charge is 0.227 e. The van der Waals surface area contributed by atoms with Gasteiger partial charge in [-0.1, -0.05) is 19.3 Å². The number of pyridine rings is 1. The van der Waals surface area contributed by atoms with Crippen LogP contribution in [0.1, 0.15) is 38.5 Å². The van der Waals surface area contributed by atoms with Crippen LogP contribution in [-0.2, 0) is 4.79 Å². The number of hydrogen-bond acceptors (Lipinski definition) is 4. The summed E-state index contributed by atoms with van der Waals surface area (Å²) >= 11 is 0. The number of amides is 1. The van der Waals surface area contributed by atoms with Crippen molar-refractivity contribution in [2.45, 2.75) is 44.1 Å². The first-order valence-corrected chi connectivity index (χ1v) is 6.32. The predicted molar refractivity (Wildman–Crippen MR) is 69.2 cm³/mol. The van der Waals surface area contributed by atoms with Gasteiger partial charge in [0, 0.05) is 18.2 Å². The van der Waals surface area contributed by atoms with E-state index in [2.05, 4.69) is 10.3 Å². The van der Waals surface area contributed by atoms with Crippen LogP contribution in [0.25, 0.3) is 0 Å². The molecule has 0 saturated heterocycles. The van der Waals surface area contributed by atoms with E-state index in [4.69, 9.17) is 5.73 Å². The molecule has 0 atom stereocenters. The summed E-state index contributed by atoms with van der Waals surface area (Å²) in [4.78, 5) is 15.8. The molecule has 4 N–H and O–H groups in total. The molecule has 2 rings (SSSR count). The number of nitrogens with zero attached hydrogens (tertiary/aromatic N) is 1. The number of nitrogens with two attached hydrogens (primary N) is 1. The standard InChI is InChI=1S/C13H19N3O2/c14-13(6-2-1-3-7-13)9-11(18)16-12-10(17)5-4-8-15-12/h4-5,8,17H,1-3,6-7,9,14H2,(H,15,16,18). The molecule has 0 aliphatic heterocycles. The first-order valence-electron chi connectivity index (χ1n) is 6.32. The van der Waals surface area contributed by atoms with Crippen LogP contribution in [-0.4, -0.2) is 21.5 Å². The third-order valence-electron chi connectivity index (χ3n) is 3.41. The van der Waals surface area contributed by atoms with E-state index in [1.165, 1.54) is 18.7 Å². The Bertz CT molecular complexity index is 428. The molecular formula is C13H19N3O2. The number of carbonyl (C=O) groups excluding carboxylic acids is 1. The van der Waals surface area contributed by atoms with Gasteiger partial charge in [-0.05, 0) is 25.0 Å². The van der Waals surface area contributed by atoms with Gasteiger partial charge in [-0.25, -0.2) is 4.98 Å². The highest BCUT2D eigenvalue weighted by molar-refractivity contribution is 5.91. The zero-order valence-electron chi connectivity index (χ0n) is 10.4. The minimum absolute atomic E-state index is 0.0273. The van der Waals surface area contributed by atoms with Gasteiger partial charge in [-0.3, -0.25) is 4.79 Å². The fourth-order valence-electron chi connectivity index (χ4n) is 2.42. The number of aromatic hydroxyl groups is 1. The molecular weight excluding hydrogens is 230 g/mol. The summed E-state index contributed by atoms with van der Waals surface area (Å²) in [5, 5.41) is 12.1. The predicted octanol–water partition coefficient (Wildman–Crippen LogP) is 1.78. The van der Waals surface area contributed by atoms with Crippen molar-refractivity contribution in [2.75, 3.05) is 5.32 Å². The summed E-state index contributed by atoms with van der Waals surface area (Å²) in [5.74, 6) is -0.0177. The van der Waals surface area contributed by atoms with E-state index in [0.717, 1.165) is 25.7 Å². The van der Waals surface area contributed by atoms with Crippen LogP contribution in [0.3, 0.4) is 0 Å². The van der Waals surface area contributed by atoms with Crippen molar-refractivity contribution in [3.63, 3.8) is 0 Å². The molecule has 5 nitrogen and oxygen atoms in total. The lowest BCUT2D eigenvalue weighted by Gasteiger charge is -2.32. The van der Waals surface area contributed by atoms with Crippen molar-refractivity contribution >= 4 is 11.7 Å². The summed E-state index contributed by atoms with van der Waals surface area (Å²) in [6.45, 7) is 0. The Morgan fingerprint density at radius 1 is 1.44 bits per heavy atom. The highest BCUT2D eigenvalue weighted by Gasteiger charge is 2.30. The molecule has 1 fully saturated rings. The Kier molecular flexibility index (Phi) is 3.81. The van der Waals surface area contributed by atoms with Gasteiger partial charge in [0.05, 0.1) is 0 Å². The van der Waals surface area contributed by atoms with Crippen LogP contribution < -0.4 is 11.1 Å². The third-order valence-corrected chi connectivity index (χ3v) is 3.41. The minimum Gasteiger partial charge on any atom is -0.504 e. The average molecular weight is 249 g/mol. The molecule has 1 amide bonds. The van der Waals surface area contributed by atoms with Crippen molar-refractivity contribution in [1.82, 2.24) is 4.98 Å². The number of aromatic nitrogens is 1. The summed E-state index contributed by atoms with van der Waals surface area (Å²) in [6, 6.07) is 3.10. The Morgan fingerprint density at radius 2 is 2.17 bits per heavy atom. The molecule has 0 unspecified atom stereocenters. The van der Waals surface area contributed by atoms with E-state index >= 15 is 0 Å². The highest BCUT2D eigenvalue weighted by Crippen LogP contribution is 2.29. The monoisotopic (exact) mass is 249 g/mol. The fourth-order valence-corrected chi connectivity index (χ4v) is 2.42. The largest absolute Gasteiger partial charge is 0.504 e. The van der Waals surface area contributed by atoms with Crippen molar-refractivity contribution in [1.29, 1.82) is 0 Å². The van der Waals surface area contributed by atoms with Crippen LogP contribution in [0.2, 0.25) is 0 Å². The second-order valence-electron chi connectivity index (χ2n) is 5.02. The summed E-state index contributed by atoms with van der Waals surface area (Å²) in [7, 11) is 0. The number of nitrogens with one attached hydrogen (secondary N) is 1. The SMILES string of the molecule is NC1(CC(=O)Nc2ncccc2O)CCCCC1. The fraction of sp³-hybridized carbons (Fsp3) is 0.538. The topological polar surface area (TPSA) is 88.2 Å². The second kappa shape index (κ2) is 5.35. The summed E-state index contributed by atoms with van der Waals surface area (Å²) < 4.78 is 0. The van der Waals surface area contributed by atoms with Crippen LogP contribution in [0.5, 0.6) is 5.75 Å². The van der Waals surface area contributed by atoms with Crippen LogP contribution in [0.4, 0.5) is 5.82 Å². The van der Waals surface area contributed by atoms with Gasteiger partial charge in [0.15, 0.2) is 11.6 Å². The van der Waals surface area contributed by atoms with Gasteiger partial charge in [0.2, 0.25) is 5.91 Å². The molecule has 0 aromatic carbocycles. The van der Waals surface area contributed by atoms with Crippen molar-refractivity contribution in [3.8, 4) is 5.75 Å². The van der Waals surface area contributed by atoms with E-state index in [1.807, 2.05) is 0 Å². The summed E-state index contributed by atoms with van der Waals surface area (Å²) in [6.07, 6.45) is 6.93. The van der Waals surface area contributed by atoms with Crippen LogP contribution in [0.15, 0.2) is 18.3 Å². The molecule has 1 aromatic heterocycles. The Labute approximate surface area is 106 Å². The van der Waals surface area contributed by atoms with Gasteiger partial charge in [-0.15, -0.1) is 0 Å². The highest BCUT2D eigenvalue weighted by atomic mass is 16.3. The van der Waals surface area contributed by atoms with Gasteiger partial charge < -0.3 is 16.2 Å². The molecule has 0 radical (unpaired) electrons. The van der Waals surface area contributed by atoms with Crippen molar-refractivity contribution < 1.29 is 9.90 Å². The van der Waals surface area contributed by atoms with Crippen LogP contribution in [0, 0.1) is 0 Å². The molecule has 1 aliphatic rings. The lowest BCUT2D eigenvalue weighted by Crippen LogP contribution is -2.44.